The molecule has 0 aliphatic rings. The van der Waals surface area contributed by atoms with E-state index in [4.69, 9.17) is 0 Å². The molecule has 36 heavy (non-hydrogen) atoms. The number of aryl methyl sites for hydroxylation is 1. The first kappa shape index (κ1) is 25.1. The fraction of sp³-hybridized carbons (Fsp3) is 0.0435. The summed E-state index contributed by atoms with van der Waals surface area (Å²) in [5.41, 5.74) is 0.599. The molecule has 4 rings (SSSR count). The van der Waals surface area contributed by atoms with Crippen LogP contribution in [0.4, 0.5) is 22.7 Å². The number of benzene rings is 4. The summed E-state index contributed by atoms with van der Waals surface area (Å²) in [5, 5.41) is 26.5. The van der Waals surface area contributed by atoms with Crippen LogP contribution >= 0.6 is 0 Å². The minimum absolute atomic E-state index is 0.0701. The number of phenolic OH excluding ortho intramolecular Hbond substituents is 1. The van der Waals surface area contributed by atoms with Gasteiger partial charge in [-0.15, -0.1) is 10.2 Å². The highest BCUT2D eigenvalue weighted by Crippen LogP contribution is 2.39. The van der Waals surface area contributed by atoms with Crippen molar-refractivity contribution in [2.24, 2.45) is 20.5 Å². The largest absolute Gasteiger partial charge is 0.505 e. The Labute approximate surface area is 206 Å². The van der Waals surface area contributed by atoms with Crippen molar-refractivity contribution in [3.8, 4) is 5.75 Å². The van der Waals surface area contributed by atoms with Crippen molar-refractivity contribution in [1.29, 1.82) is 0 Å². The van der Waals surface area contributed by atoms with Crippen LogP contribution in [0.15, 0.2) is 103 Å². The summed E-state index contributed by atoms with van der Waals surface area (Å²) >= 11 is 0. The number of fused-ring (bicyclic) bond motifs is 1. The van der Waals surface area contributed by atoms with E-state index in [1.54, 1.807) is 30.3 Å². The van der Waals surface area contributed by atoms with Crippen LogP contribution in [0.1, 0.15) is 5.56 Å². The normalized spacial score (nSPS) is 12.6. The van der Waals surface area contributed by atoms with Gasteiger partial charge in [0.2, 0.25) is 0 Å². The second kappa shape index (κ2) is 9.54. The minimum atomic E-state index is -4.73. The molecule has 0 radical (unpaired) electrons. The Morgan fingerprint density at radius 2 is 1.25 bits per heavy atom. The number of hydrogen-bond acceptors (Lipinski definition) is 9. The maximum absolute atomic E-state index is 11.9. The van der Waals surface area contributed by atoms with Crippen molar-refractivity contribution in [2.45, 2.75) is 16.7 Å². The van der Waals surface area contributed by atoms with Gasteiger partial charge in [-0.3, -0.25) is 9.11 Å². The zero-order valence-electron chi connectivity index (χ0n) is 18.5. The van der Waals surface area contributed by atoms with Gasteiger partial charge in [0.1, 0.15) is 21.2 Å². The van der Waals surface area contributed by atoms with Gasteiger partial charge in [-0.1, -0.05) is 36.4 Å². The maximum atomic E-state index is 11.9. The Kier molecular flexibility index (Phi) is 6.65. The lowest BCUT2D eigenvalue weighted by Crippen LogP contribution is -2.02. The highest BCUT2D eigenvalue weighted by molar-refractivity contribution is 7.86. The van der Waals surface area contributed by atoms with Crippen molar-refractivity contribution < 1.29 is 31.0 Å². The first-order valence-electron chi connectivity index (χ1n) is 10.2. The maximum Gasteiger partial charge on any atom is 0.296 e. The van der Waals surface area contributed by atoms with Gasteiger partial charge in [0.25, 0.3) is 20.2 Å². The molecule has 3 N–H and O–H groups in total. The summed E-state index contributed by atoms with van der Waals surface area (Å²) in [6.07, 6.45) is 0. The molecule has 0 aromatic heterocycles. The standard InChI is InChI=1S/C23H18N4O7S2/c1-14-7-9-17-18(23(14)36(32,33)34)10-12-20(22(17)28)27-26-19-11-8-16(13-21(19)35(29,30)31)25-24-15-5-3-2-4-6-15/h2-13,28H,1H3,(H,29,30,31)(H,32,33,34). The van der Waals surface area contributed by atoms with Crippen LogP contribution in [0, 0.1) is 6.92 Å². The van der Waals surface area contributed by atoms with Gasteiger partial charge in [0.15, 0.2) is 5.75 Å². The SMILES string of the molecule is Cc1ccc2c(O)c(N=Nc3ccc(N=Nc4ccccc4)cc3S(=O)(=O)O)ccc2c1S(=O)(=O)O. The van der Waals surface area contributed by atoms with Crippen LogP contribution in [0.25, 0.3) is 10.8 Å². The predicted octanol–water partition coefficient (Wildman–Crippen LogP) is 6.18. The molecule has 0 aliphatic carbocycles. The molecule has 184 valence electrons. The highest BCUT2D eigenvalue weighted by atomic mass is 32.2. The first-order valence-corrected chi connectivity index (χ1v) is 13.1. The summed E-state index contributed by atoms with van der Waals surface area (Å²) in [5.74, 6) is -0.442. The molecule has 0 bridgehead atoms. The van der Waals surface area contributed by atoms with Crippen molar-refractivity contribution in [1.82, 2.24) is 0 Å². The van der Waals surface area contributed by atoms with E-state index in [0.29, 0.717) is 5.69 Å². The Morgan fingerprint density at radius 1 is 0.639 bits per heavy atom. The van der Waals surface area contributed by atoms with E-state index in [9.17, 15) is 31.0 Å². The average Bonchev–Trinajstić information content (AvgIpc) is 2.81. The van der Waals surface area contributed by atoms with Gasteiger partial charge in [0.05, 0.1) is 11.4 Å². The topological polar surface area (TPSA) is 178 Å². The van der Waals surface area contributed by atoms with Gasteiger partial charge in [-0.25, -0.2) is 0 Å². The van der Waals surface area contributed by atoms with E-state index in [2.05, 4.69) is 20.5 Å². The number of nitrogens with zero attached hydrogens (tertiary/aromatic N) is 4. The third-order valence-corrected chi connectivity index (χ3v) is 7.02. The van der Waals surface area contributed by atoms with Crippen LogP contribution in [0.5, 0.6) is 5.75 Å². The number of rotatable bonds is 6. The monoisotopic (exact) mass is 526 g/mol. The van der Waals surface area contributed by atoms with Crippen molar-refractivity contribution in [3.05, 3.63) is 78.4 Å². The molecule has 0 amide bonds. The van der Waals surface area contributed by atoms with Gasteiger partial charge in [-0.05, 0) is 48.9 Å². The molecule has 0 spiro atoms. The molecule has 0 heterocycles. The second-order valence-corrected chi connectivity index (χ2v) is 10.3. The second-order valence-electron chi connectivity index (χ2n) is 7.58. The molecular weight excluding hydrogens is 508 g/mol. The molecule has 4 aromatic carbocycles. The Morgan fingerprint density at radius 3 is 1.92 bits per heavy atom. The van der Waals surface area contributed by atoms with Gasteiger partial charge >= 0.3 is 0 Å². The smallest absolute Gasteiger partial charge is 0.296 e. The average molecular weight is 527 g/mol. The lowest BCUT2D eigenvalue weighted by molar-refractivity contribution is 0.480. The van der Waals surface area contributed by atoms with E-state index in [1.807, 2.05) is 0 Å². The molecule has 0 unspecified atom stereocenters. The van der Waals surface area contributed by atoms with E-state index in [1.165, 1.54) is 43.3 Å². The van der Waals surface area contributed by atoms with Crippen LogP contribution in [-0.2, 0) is 20.2 Å². The summed E-state index contributed by atoms with van der Waals surface area (Å²) in [4.78, 5) is -0.937. The Bertz CT molecular complexity index is 1750. The number of azo groups is 2. The fourth-order valence-electron chi connectivity index (χ4n) is 3.45. The summed E-state index contributed by atoms with van der Waals surface area (Å²) in [7, 11) is -9.30. The summed E-state index contributed by atoms with van der Waals surface area (Å²) in [6.45, 7) is 1.49. The van der Waals surface area contributed by atoms with Gasteiger partial charge in [0, 0.05) is 10.8 Å². The summed E-state index contributed by atoms with van der Waals surface area (Å²) in [6, 6.07) is 17.9. The van der Waals surface area contributed by atoms with Gasteiger partial charge < -0.3 is 5.11 Å². The molecular formula is C23H18N4O7S2. The first-order chi connectivity index (χ1) is 16.9. The lowest BCUT2D eigenvalue weighted by Gasteiger charge is -2.10. The van der Waals surface area contributed by atoms with Crippen LogP contribution in [0.2, 0.25) is 0 Å². The lowest BCUT2D eigenvalue weighted by atomic mass is 10.1. The van der Waals surface area contributed by atoms with Crippen molar-refractivity contribution in [2.75, 3.05) is 0 Å². The zero-order chi connectivity index (χ0) is 26.1. The molecule has 0 saturated carbocycles. The van der Waals surface area contributed by atoms with Crippen molar-refractivity contribution >= 4 is 53.8 Å². The minimum Gasteiger partial charge on any atom is -0.505 e. The molecule has 11 nitrogen and oxygen atoms in total. The van der Waals surface area contributed by atoms with Crippen LogP contribution in [0.3, 0.4) is 0 Å². The van der Waals surface area contributed by atoms with Crippen molar-refractivity contribution in [3.63, 3.8) is 0 Å². The zero-order valence-corrected chi connectivity index (χ0v) is 20.1. The van der Waals surface area contributed by atoms with E-state index >= 15 is 0 Å². The van der Waals surface area contributed by atoms with Crippen LogP contribution in [-0.4, -0.2) is 31.0 Å². The molecule has 4 aromatic rings. The van der Waals surface area contributed by atoms with Crippen LogP contribution < -0.4 is 0 Å². The van der Waals surface area contributed by atoms with E-state index in [0.717, 1.165) is 6.07 Å². The van der Waals surface area contributed by atoms with Gasteiger partial charge in [-0.2, -0.15) is 27.1 Å². The third kappa shape index (κ3) is 5.28. The number of aromatic hydroxyl groups is 1. The predicted molar refractivity (Wildman–Crippen MR) is 131 cm³/mol. The molecule has 0 atom stereocenters. The Hall–Kier alpha value is -4.04. The number of phenols is 1. The Balaban J connectivity index is 1.75. The molecule has 0 saturated heterocycles. The quantitative estimate of drug-likeness (QED) is 0.198. The third-order valence-electron chi connectivity index (χ3n) is 5.08. The highest BCUT2D eigenvalue weighted by Gasteiger charge is 2.20. The van der Waals surface area contributed by atoms with E-state index < -0.39 is 30.9 Å². The summed E-state index contributed by atoms with van der Waals surface area (Å²) < 4.78 is 66.7. The van der Waals surface area contributed by atoms with E-state index in [-0.39, 0.29) is 38.3 Å². The fourth-order valence-corrected chi connectivity index (χ4v) is 5.03. The molecule has 13 heteroatoms. The molecule has 0 fully saturated rings. The molecule has 0 aliphatic heterocycles. The number of hydrogen-bond donors (Lipinski definition) is 3.